The zero-order valence-electron chi connectivity index (χ0n) is 13.2. The monoisotopic (exact) mass is 338 g/mol. The number of benzene rings is 1. The van der Waals surface area contributed by atoms with Gasteiger partial charge in [0.25, 0.3) is 0 Å². The maximum Gasteiger partial charge on any atom is 0.232 e. The van der Waals surface area contributed by atoms with E-state index in [9.17, 15) is 13.2 Å². The number of anilines is 2. The highest BCUT2D eigenvalue weighted by Gasteiger charge is 2.35. The van der Waals surface area contributed by atoms with E-state index >= 15 is 0 Å². The van der Waals surface area contributed by atoms with E-state index < -0.39 is 10.0 Å². The zero-order valence-corrected chi connectivity index (χ0v) is 14.0. The van der Waals surface area contributed by atoms with Gasteiger partial charge in [-0.15, -0.1) is 0 Å². The molecule has 6 nitrogen and oxygen atoms in total. The predicted octanol–water partition coefficient (Wildman–Crippen LogP) is 1.98. The molecule has 0 atom stereocenters. The molecule has 3 rings (SSSR count). The molecule has 2 aliphatic rings. The molecule has 23 heavy (non-hydrogen) atoms. The molecule has 1 aromatic rings. The minimum Gasteiger partial charge on any atom is -0.381 e. The lowest BCUT2D eigenvalue weighted by atomic mass is 9.99. The van der Waals surface area contributed by atoms with Gasteiger partial charge < -0.3 is 10.1 Å². The van der Waals surface area contributed by atoms with Crippen molar-refractivity contribution in [1.29, 1.82) is 0 Å². The summed E-state index contributed by atoms with van der Waals surface area (Å²) >= 11 is 0. The van der Waals surface area contributed by atoms with Gasteiger partial charge in [-0.05, 0) is 49.9 Å². The number of carbonyl (C=O) groups excluding carboxylic acids is 1. The predicted molar refractivity (Wildman–Crippen MR) is 89.0 cm³/mol. The van der Waals surface area contributed by atoms with Gasteiger partial charge in [0.1, 0.15) is 0 Å². The van der Waals surface area contributed by atoms with Crippen LogP contribution >= 0.6 is 0 Å². The quantitative estimate of drug-likeness (QED) is 0.891. The summed E-state index contributed by atoms with van der Waals surface area (Å²) in [7, 11) is -3.28. The Hall–Kier alpha value is -1.60. The molecule has 1 aliphatic carbocycles. The maximum atomic E-state index is 12.2. The number of rotatable bonds is 5. The highest BCUT2D eigenvalue weighted by Crippen LogP contribution is 2.34. The Bertz CT molecular complexity index is 662. The zero-order chi connectivity index (χ0) is 16.4. The van der Waals surface area contributed by atoms with E-state index in [-0.39, 0.29) is 17.9 Å². The minimum absolute atomic E-state index is 0.00297. The number of nitrogens with one attached hydrogen (secondary N) is 1. The number of nitrogens with zero attached hydrogens (tertiary/aromatic N) is 1. The van der Waals surface area contributed by atoms with Crippen molar-refractivity contribution >= 4 is 27.3 Å². The van der Waals surface area contributed by atoms with Gasteiger partial charge in [-0.3, -0.25) is 9.10 Å². The van der Waals surface area contributed by atoms with Crippen LogP contribution in [0.3, 0.4) is 0 Å². The van der Waals surface area contributed by atoms with Crippen LogP contribution in [0, 0.1) is 5.92 Å². The van der Waals surface area contributed by atoms with Crippen molar-refractivity contribution in [2.75, 3.05) is 29.1 Å². The summed E-state index contributed by atoms with van der Waals surface area (Å²) in [6.45, 7) is 1.25. The van der Waals surface area contributed by atoms with Crippen LogP contribution in [0.4, 0.5) is 11.4 Å². The normalized spacial score (nSPS) is 19.3. The van der Waals surface area contributed by atoms with Crippen molar-refractivity contribution in [2.45, 2.75) is 31.7 Å². The minimum atomic E-state index is -3.28. The Labute approximate surface area is 136 Å². The van der Waals surface area contributed by atoms with Gasteiger partial charge in [-0.25, -0.2) is 8.42 Å². The molecular weight excluding hydrogens is 316 g/mol. The van der Waals surface area contributed by atoms with Gasteiger partial charge >= 0.3 is 0 Å². The van der Waals surface area contributed by atoms with Crippen LogP contribution in [0.25, 0.3) is 0 Å². The lowest BCUT2D eigenvalue weighted by Gasteiger charge is -2.23. The van der Waals surface area contributed by atoms with Crippen LogP contribution in [0.15, 0.2) is 24.3 Å². The molecule has 1 saturated heterocycles. The first-order valence-corrected chi connectivity index (χ1v) is 9.78. The molecule has 1 saturated carbocycles. The van der Waals surface area contributed by atoms with Crippen LogP contribution in [-0.2, 0) is 19.6 Å². The Kier molecular flexibility index (Phi) is 4.59. The molecule has 1 N–H and O–H groups in total. The number of amides is 1. The average Bonchev–Trinajstić information content (AvgIpc) is 3.33. The van der Waals surface area contributed by atoms with Crippen molar-refractivity contribution in [3.8, 4) is 0 Å². The summed E-state index contributed by atoms with van der Waals surface area (Å²) in [5.41, 5.74) is 1.34. The molecule has 7 heteroatoms. The standard InChI is InChI=1S/C16H22N2O4S/c1-23(20,21)18(15-6-7-15)14-4-2-13(3-5-14)17-16(19)12-8-10-22-11-9-12/h2-5,12,15H,6-11H2,1H3,(H,17,19). The maximum absolute atomic E-state index is 12.2. The van der Waals surface area contributed by atoms with Gasteiger partial charge in [0.2, 0.25) is 15.9 Å². The molecule has 1 heterocycles. The van der Waals surface area contributed by atoms with E-state index in [2.05, 4.69) is 5.32 Å². The Morgan fingerprint density at radius 2 is 1.74 bits per heavy atom. The molecule has 0 unspecified atom stereocenters. The fourth-order valence-electron chi connectivity index (χ4n) is 2.88. The molecule has 0 aromatic heterocycles. The third-order valence-electron chi connectivity index (χ3n) is 4.22. The van der Waals surface area contributed by atoms with E-state index in [0.29, 0.717) is 24.6 Å². The summed E-state index contributed by atoms with van der Waals surface area (Å²) in [5, 5.41) is 2.90. The molecule has 126 valence electrons. The van der Waals surface area contributed by atoms with Gasteiger partial charge in [0.15, 0.2) is 0 Å². The van der Waals surface area contributed by atoms with Crippen LogP contribution < -0.4 is 9.62 Å². The van der Waals surface area contributed by atoms with E-state index in [0.717, 1.165) is 25.7 Å². The van der Waals surface area contributed by atoms with Crippen molar-refractivity contribution in [1.82, 2.24) is 0 Å². The second-order valence-corrected chi connectivity index (χ2v) is 8.07. The number of carbonyl (C=O) groups is 1. The summed E-state index contributed by atoms with van der Waals surface area (Å²) in [4.78, 5) is 12.2. The smallest absolute Gasteiger partial charge is 0.232 e. The van der Waals surface area contributed by atoms with Gasteiger partial charge in [-0.1, -0.05) is 0 Å². The summed E-state index contributed by atoms with van der Waals surface area (Å²) < 4.78 is 30.6. The third-order valence-corrected chi connectivity index (χ3v) is 5.44. The van der Waals surface area contributed by atoms with Crippen molar-refractivity contribution in [3.63, 3.8) is 0 Å². The van der Waals surface area contributed by atoms with Crippen molar-refractivity contribution in [2.24, 2.45) is 5.92 Å². The Balaban J connectivity index is 1.68. The van der Waals surface area contributed by atoms with E-state index in [1.165, 1.54) is 10.6 Å². The lowest BCUT2D eigenvalue weighted by molar-refractivity contribution is -0.122. The van der Waals surface area contributed by atoms with Gasteiger partial charge in [0, 0.05) is 30.9 Å². The van der Waals surface area contributed by atoms with E-state index in [4.69, 9.17) is 4.74 Å². The number of hydrogen-bond donors (Lipinski definition) is 1. The highest BCUT2D eigenvalue weighted by atomic mass is 32.2. The molecule has 0 spiro atoms. The van der Waals surface area contributed by atoms with Gasteiger partial charge in [-0.2, -0.15) is 0 Å². The van der Waals surface area contributed by atoms with Crippen LogP contribution in [0.2, 0.25) is 0 Å². The summed E-state index contributed by atoms with van der Waals surface area (Å²) in [6, 6.07) is 7.09. The van der Waals surface area contributed by atoms with E-state index in [1.54, 1.807) is 24.3 Å². The van der Waals surface area contributed by atoms with Crippen LogP contribution in [0.1, 0.15) is 25.7 Å². The fourth-order valence-corrected chi connectivity index (χ4v) is 4.13. The molecule has 0 radical (unpaired) electrons. The molecule has 2 fully saturated rings. The topological polar surface area (TPSA) is 75.7 Å². The van der Waals surface area contributed by atoms with Crippen molar-refractivity contribution in [3.05, 3.63) is 24.3 Å². The number of sulfonamides is 1. The second kappa shape index (κ2) is 6.49. The second-order valence-electron chi connectivity index (χ2n) is 6.21. The van der Waals surface area contributed by atoms with E-state index in [1.807, 2.05) is 0 Å². The lowest BCUT2D eigenvalue weighted by Crippen LogP contribution is -2.32. The Morgan fingerprint density at radius 1 is 1.13 bits per heavy atom. The van der Waals surface area contributed by atoms with Crippen molar-refractivity contribution < 1.29 is 17.9 Å². The Morgan fingerprint density at radius 3 is 2.26 bits per heavy atom. The number of ether oxygens (including phenoxy) is 1. The molecule has 0 bridgehead atoms. The SMILES string of the molecule is CS(=O)(=O)N(c1ccc(NC(=O)C2CCOCC2)cc1)C1CC1. The summed E-state index contributed by atoms with van der Waals surface area (Å²) in [5.74, 6) is -0.00868. The third kappa shape index (κ3) is 4.03. The number of hydrogen-bond acceptors (Lipinski definition) is 4. The fraction of sp³-hybridized carbons (Fsp3) is 0.562. The first kappa shape index (κ1) is 16.3. The molecular formula is C16H22N2O4S. The van der Waals surface area contributed by atoms with Gasteiger partial charge in [0.05, 0.1) is 11.9 Å². The molecule has 1 amide bonds. The first-order chi connectivity index (χ1) is 10.9. The summed E-state index contributed by atoms with van der Waals surface area (Å²) in [6.07, 6.45) is 4.51. The first-order valence-electron chi connectivity index (χ1n) is 7.93. The molecule has 1 aromatic carbocycles. The van der Waals surface area contributed by atoms with Crippen LogP contribution in [0.5, 0.6) is 0 Å². The highest BCUT2D eigenvalue weighted by molar-refractivity contribution is 7.92. The molecule has 1 aliphatic heterocycles. The average molecular weight is 338 g/mol. The van der Waals surface area contributed by atoms with Crippen LogP contribution in [-0.4, -0.2) is 39.8 Å². The largest absolute Gasteiger partial charge is 0.381 e.